The molecule has 2 N–H and O–H groups in total. The molecule has 6 heteroatoms. The predicted molar refractivity (Wildman–Crippen MR) is 73.4 cm³/mol. The summed E-state index contributed by atoms with van der Waals surface area (Å²) < 4.78 is 18.0. The minimum Gasteiger partial charge on any atom is -0.493 e. The van der Waals surface area contributed by atoms with Crippen molar-refractivity contribution >= 4 is 11.9 Å². The molecule has 1 aromatic carbocycles. The van der Waals surface area contributed by atoms with Crippen LogP contribution in [0.3, 0.4) is 0 Å². The van der Waals surface area contributed by atoms with Crippen LogP contribution < -0.4 is 10.1 Å². The highest BCUT2D eigenvalue weighted by Crippen LogP contribution is 2.34. The van der Waals surface area contributed by atoms with Crippen LogP contribution in [0.4, 0.5) is 4.39 Å². The molecule has 1 saturated carbocycles. The number of ether oxygens (including phenoxy) is 1. The van der Waals surface area contributed by atoms with Gasteiger partial charge in [0, 0.05) is 6.04 Å². The van der Waals surface area contributed by atoms with Crippen molar-refractivity contribution in [3.8, 4) is 5.75 Å². The number of carbonyl (C=O) groups is 2. The van der Waals surface area contributed by atoms with Gasteiger partial charge in [-0.1, -0.05) is 0 Å². The van der Waals surface area contributed by atoms with Gasteiger partial charge in [-0.25, -0.2) is 4.39 Å². The summed E-state index contributed by atoms with van der Waals surface area (Å²) in [7, 11) is 0. The lowest BCUT2D eigenvalue weighted by Gasteiger charge is -2.16. The van der Waals surface area contributed by atoms with E-state index < -0.39 is 5.97 Å². The Labute approximate surface area is 122 Å². The van der Waals surface area contributed by atoms with Crippen LogP contribution >= 0.6 is 0 Å². The largest absolute Gasteiger partial charge is 0.493 e. The highest BCUT2D eigenvalue weighted by atomic mass is 19.1. The van der Waals surface area contributed by atoms with Gasteiger partial charge in [0.1, 0.15) is 11.6 Å². The maximum Gasteiger partial charge on any atom is 0.305 e. The van der Waals surface area contributed by atoms with E-state index in [1.165, 1.54) is 24.3 Å². The second-order valence-electron chi connectivity index (χ2n) is 5.16. The molecule has 0 saturated heterocycles. The number of hydrogen-bond donors (Lipinski definition) is 2. The Hall–Kier alpha value is -2.11. The Bertz CT molecular complexity index is 499. The van der Waals surface area contributed by atoms with Crippen LogP contribution in [0.15, 0.2) is 24.3 Å². The highest BCUT2D eigenvalue weighted by molar-refractivity contribution is 5.77. The van der Waals surface area contributed by atoms with E-state index in [1.54, 1.807) is 0 Å². The zero-order chi connectivity index (χ0) is 15.2. The quantitative estimate of drug-likeness (QED) is 0.769. The van der Waals surface area contributed by atoms with Gasteiger partial charge in [-0.15, -0.1) is 0 Å². The van der Waals surface area contributed by atoms with Crippen molar-refractivity contribution in [2.75, 3.05) is 6.61 Å². The number of nitrogens with one attached hydrogen (secondary N) is 1. The van der Waals surface area contributed by atoms with Crippen molar-refractivity contribution in [1.82, 2.24) is 5.32 Å². The Morgan fingerprint density at radius 2 is 2.00 bits per heavy atom. The summed E-state index contributed by atoms with van der Waals surface area (Å²) in [6, 6.07) is 5.26. The van der Waals surface area contributed by atoms with Crippen LogP contribution in [0.5, 0.6) is 5.75 Å². The number of carboxylic acids is 1. The minimum absolute atomic E-state index is 0.0464. The van der Waals surface area contributed by atoms with Gasteiger partial charge in [0.2, 0.25) is 5.91 Å². The number of rotatable bonds is 8. The Balaban J connectivity index is 1.71. The lowest BCUT2D eigenvalue weighted by atomic mass is 10.1. The molecule has 1 unspecified atom stereocenters. The van der Waals surface area contributed by atoms with Gasteiger partial charge in [-0.3, -0.25) is 9.59 Å². The maximum atomic E-state index is 12.7. The molecule has 0 heterocycles. The monoisotopic (exact) mass is 295 g/mol. The van der Waals surface area contributed by atoms with Crippen molar-refractivity contribution in [3.63, 3.8) is 0 Å². The lowest BCUT2D eigenvalue weighted by molar-refractivity contribution is -0.137. The SMILES string of the molecule is O=C(O)CC(NC(=O)CCOc1ccc(F)cc1)C1CC1. The average Bonchev–Trinajstić information content (AvgIpc) is 3.24. The molecule has 114 valence electrons. The van der Waals surface area contributed by atoms with Crippen molar-refractivity contribution in [3.05, 3.63) is 30.1 Å². The molecule has 1 atom stereocenters. The number of amides is 1. The minimum atomic E-state index is -0.908. The fourth-order valence-corrected chi connectivity index (χ4v) is 2.09. The van der Waals surface area contributed by atoms with Gasteiger partial charge in [0.05, 0.1) is 19.4 Å². The molecule has 1 aliphatic carbocycles. The van der Waals surface area contributed by atoms with Crippen molar-refractivity contribution in [2.24, 2.45) is 5.92 Å². The molecule has 21 heavy (non-hydrogen) atoms. The fraction of sp³-hybridized carbons (Fsp3) is 0.467. The Morgan fingerprint density at radius 1 is 1.33 bits per heavy atom. The van der Waals surface area contributed by atoms with Crippen molar-refractivity contribution in [2.45, 2.75) is 31.7 Å². The first-order valence-corrected chi connectivity index (χ1v) is 6.94. The molecule has 0 spiro atoms. The normalized spacial score (nSPS) is 15.3. The third kappa shape index (κ3) is 5.41. The van der Waals surface area contributed by atoms with Crippen LogP contribution in [0.2, 0.25) is 0 Å². The first kappa shape index (κ1) is 15.3. The van der Waals surface area contributed by atoms with Gasteiger partial charge in [0.15, 0.2) is 0 Å². The molecule has 0 radical (unpaired) electrons. The topological polar surface area (TPSA) is 75.6 Å². The zero-order valence-electron chi connectivity index (χ0n) is 11.5. The van der Waals surface area contributed by atoms with E-state index in [-0.39, 0.29) is 43.1 Å². The third-order valence-corrected chi connectivity index (χ3v) is 3.34. The number of benzene rings is 1. The number of hydrogen-bond acceptors (Lipinski definition) is 3. The van der Waals surface area contributed by atoms with E-state index in [0.29, 0.717) is 5.75 Å². The molecule has 2 rings (SSSR count). The molecule has 0 aliphatic heterocycles. The number of carbonyl (C=O) groups excluding carboxylic acids is 1. The van der Waals surface area contributed by atoms with E-state index in [1.807, 2.05) is 0 Å². The van der Waals surface area contributed by atoms with Gasteiger partial charge < -0.3 is 15.2 Å². The molecule has 1 fully saturated rings. The summed E-state index contributed by atoms with van der Waals surface area (Å²) in [5.74, 6) is -0.706. The van der Waals surface area contributed by atoms with Crippen molar-refractivity contribution < 1.29 is 23.8 Å². The van der Waals surface area contributed by atoms with Crippen LogP contribution in [-0.2, 0) is 9.59 Å². The molecular formula is C15H18FNO4. The van der Waals surface area contributed by atoms with Gasteiger partial charge in [-0.05, 0) is 43.0 Å². The van der Waals surface area contributed by atoms with Gasteiger partial charge >= 0.3 is 5.97 Å². The van der Waals surface area contributed by atoms with E-state index in [2.05, 4.69) is 5.32 Å². The molecular weight excluding hydrogens is 277 g/mol. The van der Waals surface area contributed by atoms with Crippen LogP contribution in [0.25, 0.3) is 0 Å². The van der Waals surface area contributed by atoms with E-state index in [4.69, 9.17) is 9.84 Å². The maximum absolute atomic E-state index is 12.7. The molecule has 1 amide bonds. The van der Waals surface area contributed by atoms with Crippen LogP contribution in [0.1, 0.15) is 25.7 Å². The smallest absolute Gasteiger partial charge is 0.305 e. The second kappa shape index (κ2) is 7.06. The molecule has 1 aromatic rings. The standard InChI is InChI=1S/C15H18FNO4/c16-11-3-5-12(6-4-11)21-8-7-14(18)17-13(9-15(19)20)10-1-2-10/h3-6,10,13H,1-2,7-9H2,(H,17,18)(H,19,20). The second-order valence-corrected chi connectivity index (χ2v) is 5.16. The molecule has 5 nitrogen and oxygen atoms in total. The average molecular weight is 295 g/mol. The van der Waals surface area contributed by atoms with Gasteiger partial charge in [0.25, 0.3) is 0 Å². The number of aliphatic carboxylic acids is 1. The highest BCUT2D eigenvalue weighted by Gasteiger charge is 2.33. The summed E-state index contributed by atoms with van der Waals surface area (Å²) in [5.41, 5.74) is 0. The Morgan fingerprint density at radius 3 is 2.57 bits per heavy atom. The molecule has 0 aromatic heterocycles. The van der Waals surface area contributed by atoms with Crippen LogP contribution in [0, 0.1) is 11.7 Å². The Kier molecular flexibility index (Phi) is 5.14. The molecule has 0 bridgehead atoms. The molecule has 1 aliphatic rings. The first-order chi connectivity index (χ1) is 10.0. The predicted octanol–water partition coefficient (Wildman–Crippen LogP) is 1.96. The van der Waals surface area contributed by atoms with Crippen LogP contribution in [-0.4, -0.2) is 29.6 Å². The van der Waals surface area contributed by atoms with E-state index >= 15 is 0 Å². The summed E-state index contributed by atoms with van der Waals surface area (Å²) in [6.07, 6.45) is 2.02. The van der Waals surface area contributed by atoms with E-state index in [0.717, 1.165) is 12.8 Å². The first-order valence-electron chi connectivity index (χ1n) is 6.94. The number of carboxylic acid groups (broad SMARTS) is 1. The number of halogens is 1. The summed E-state index contributed by atoms with van der Waals surface area (Å²) >= 11 is 0. The fourth-order valence-electron chi connectivity index (χ4n) is 2.09. The van der Waals surface area contributed by atoms with Gasteiger partial charge in [-0.2, -0.15) is 0 Å². The summed E-state index contributed by atoms with van der Waals surface area (Å²) in [6.45, 7) is 0.169. The lowest BCUT2D eigenvalue weighted by Crippen LogP contribution is -2.38. The van der Waals surface area contributed by atoms with E-state index in [9.17, 15) is 14.0 Å². The van der Waals surface area contributed by atoms with Crippen molar-refractivity contribution in [1.29, 1.82) is 0 Å². The third-order valence-electron chi connectivity index (χ3n) is 3.34. The zero-order valence-corrected chi connectivity index (χ0v) is 11.5. The summed E-state index contributed by atoms with van der Waals surface area (Å²) in [4.78, 5) is 22.5. The summed E-state index contributed by atoms with van der Waals surface area (Å²) in [5, 5.41) is 11.6.